The predicted molar refractivity (Wildman–Crippen MR) is 74.0 cm³/mol. The first-order valence-corrected chi connectivity index (χ1v) is 8.59. The lowest BCUT2D eigenvalue weighted by Crippen LogP contribution is -2.47. The van der Waals surface area contributed by atoms with Crippen LogP contribution < -0.4 is 5.32 Å². The van der Waals surface area contributed by atoms with Crippen LogP contribution in [0.5, 0.6) is 0 Å². The van der Waals surface area contributed by atoms with Crippen LogP contribution in [0.1, 0.15) is 13.3 Å². The van der Waals surface area contributed by atoms with Crippen molar-refractivity contribution in [3.63, 3.8) is 0 Å². The molecule has 136 valence electrons. The molecular weight excluding hydrogens is 355 g/mol. The molecule has 0 aromatic heterocycles. The molecule has 2 bridgehead atoms. The third kappa shape index (κ3) is 4.07. The van der Waals surface area contributed by atoms with Crippen LogP contribution in [0.15, 0.2) is 12.2 Å². The Kier molecular flexibility index (Phi) is 4.96. The second kappa shape index (κ2) is 6.36. The molecule has 1 aliphatic heterocycles. The number of halogens is 3. The molecular formula is C13H16F3NO6S. The molecule has 7 nitrogen and oxygen atoms in total. The Hall–Kier alpha value is -1.62. The quantitative estimate of drug-likeness (QED) is 0.439. The lowest BCUT2D eigenvalue weighted by Gasteiger charge is -2.30. The van der Waals surface area contributed by atoms with Gasteiger partial charge in [0.15, 0.2) is 0 Å². The second-order valence-electron chi connectivity index (χ2n) is 5.85. The van der Waals surface area contributed by atoms with Gasteiger partial charge in [-0.2, -0.15) is 21.6 Å². The zero-order chi connectivity index (χ0) is 18.3. The largest absolute Gasteiger partial charge is 0.458 e. The molecule has 1 amide bonds. The van der Waals surface area contributed by atoms with E-state index in [9.17, 15) is 31.2 Å². The highest BCUT2D eigenvalue weighted by atomic mass is 32.2. The zero-order valence-corrected chi connectivity index (χ0v) is 13.4. The van der Waals surface area contributed by atoms with Gasteiger partial charge in [0.05, 0.1) is 11.7 Å². The van der Waals surface area contributed by atoms with E-state index in [1.165, 1.54) is 6.92 Å². The zero-order valence-electron chi connectivity index (χ0n) is 12.6. The summed E-state index contributed by atoms with van der Waals surface area (Å²) < 4.78 is 71.6. The van der Waals surface area contributed by atoms with E-state index in [0.29, 0.717) is 0 Å². The first-order valence-electron chi connectivity index (χ1n) is 7.01. The van der Waals surface area contributed by atoms with Gasteiger partial charge < -0.3 is 10.1 Å². The SMILES string of the molecule is C=C(C)C(=O)NCC(=O)OC1C2CC(C(F)(F)F)C1OS(=O)(=O)C2. The summed E-state index contributed by atoms with van der Waals surface area (Å²) in [4.78, 5) is 23.0. The highest BCUT2D eigenvalue weighted by Gasteiger charge is 2.61. The lowest BCUT2D eigenvalue weighted by atomic mass is 10.1. The maximum atomic E-state index is 13.0. The van der Waals surface area contributed by atoms with Gasteiger partial charge in [-0.25, -0.2) is 0 Å². The van der Waals surface area contributed by atoms with Crippen LogP contribution in [-0.2, 0) is 28.6 Å². The minimum atomic E-state index is -4.67. The van der Waals surface area contributed by atoms with E-state index >= 15 is 0 Å². The molecule has 1 N–H and O–H groups in total. The molecule has 0 aromatic carbocycles. The number of esters is 1. The van der Waals surface area contributed by atoms with Crippen molar-refractivity contribution >= 4 is 22.0 Å². The van der Waals surface area contributed by atoms with Gasteiger partial charge in [-0.15, -0.1) is 0 Å². The fourth-order valence-corrected chi connectivity index (χ4v) is 4.34. The molecule has 1 saturated carbocycles. The highest BCUT2D eigenvalue weighted by molar-refractivity contribution is 7.86. The van der Waals surface area contributed by atoms with Gasteiger partial charge in [0, 0.05) is 11.5 Å². The molecule has 1 aliphatic carbocycles. The number of rotatable bonds is 4. The van der Waals surface area contributed by atoms with Gasteiger partial charge in [-0.05, 0) is 13.3 Å². The smallest absolute Gasteiger partial charge is 0.394 e. The minimum absolute atomic E-state index is 0.145. The van der Waals surface area contributed by atoms with E-state index in [4.69, 9.17) is 4.74 Å². The van der Waals surface area contributed by atoms with Gasteiger partial charge in [-0.1, -0.05) is 6.58 Å². The third-order valence-corrected chi connectivity index (χ3v) is 5.24. The summed E-state index contributed by atoms with van der Waals surface area (Å²) in [5.41, 5.74) is 0.145. The summed E-state index contributed by atoms with van der Waals surface area (Å²) in [5, 5.41) is 2.18. The number of nitrogens with one attached hydrogen (secondary N) is 1. The van der Waals surface area contributed by atoms with Gasteiger partial charge in [0.25, 0.3) is 10.1 Å². The van der Waals surface area contributed by atoms with E-state index < -0.39 is 70.9 Å². The third-order valence-electron chi connectivity index (χ3n) is 3.89. The van der Waals surface area contributed by atoms with Crippen molar-refractivity contribution < 1.29 is 40.1 Å². The normalized spacial score (nSPS) is 31.3. The average Bonchev–Trinajstić information content (AvgIpc) is 2.64. The number of carbonyl (C=O) groups is 2. The maximum Gasteiger partial charge on any atom is 0.394 e. The standard InChI is InChI=1S/C13H16F3NO6S/c1-6(2)12(19)17-4-9(18)22-10-7-3-8(13(14,15)16)11(10)23-24(20,21)5-7/h7-8,10-11H,1,3-5H2,2H3,(H,17,19). The summed E-state index contributed by atoms with van der Waals surface area (Å²) in [5.74, 6) is -5.25. The number of hydrogen-bond acceptors (Lipinski definition) is 6. The van der Waals surface area contributed by atoms with Crippen LogP contribution in [0.25, 0.3) is 0 Å². The van der Waals surface area contributed by atoms with Crippen LogP contribution in [0.3, 0.4) is 0 Å². The molecule has 11 heteroatoms. The van der Waals surface area contributed by atoms with E-state index in [0.717, 1.165) is 0 Å². The van der Waals surface area contributed by atoms with Crippen LogP contribution in [0.4, 0.5) is 13.2 Å². The molecule has 0 aromatic rings. The molecule has 1 heterocycles. The number of amides is 1. The van der Waals surface area contributed by atoms with Crippen LogP contribution >= 0.6 is 0 Å². The first-order chi connectivity index (χ1) is 10.9. The summed E-state index contributed by atoms with van der Waals surface area (Å²) in [7, 11) is -4.09. The average molecular weight is 371 g/mol. The molecule has 2 rings (SSSR count). The van der Waals surface area contributed by atoms with Crippen molar-refractivity contribution in [1.82, 2.24) is 5.32 Å². The van der Waals surface area contributed by atoms with E-state index in [1.807, 2.05) is 0 Å². The Morgan fingerprint density at radius 1 is 1.38 bits per heavy atom. The van der Waals surface area contributed by atoms with E-state index in [1.54, 1.807) is 0 Å². The van der Waals surface area contributed by atoms with E-state index in [-0.39, 0.29) is 5.57 Å². The molecule has 1 saturated heterocycles. The van der Waals surface area contributed by atoms with Crippen LogP contribution in [-0.4, -0.2) is 51.0 Å². The van der Waals surface area contributed by atoms with Crippen molar-refractivity contribution in [1.29, 1.82) is 0 Å². The Bertz CT molecular complexity index is 659. The van der Waals surface area contributed by atoms with Crippen LogP contribution in [0.2, 0.25) is 0 Å². The van der Waals surface area contributed by atoms with Gasteiger partial charge in [-0.3, -0.25) is 13.8 Å². The molecule has 2 fully saturated rings. The predicted octanol–water partition coefficient (Wildman–Crippen LogP) is 0.517. The van der Waals surface area contributed by atoms with Gasteiger partial charge in [0.1, 0.15) is 18.8 Å². The molecule has 0 spiro atoms. The van der Waals surface area contributed by atoms with Crippen molar-refractivity contribution in [3.8, 4) is 0 Å². The van der Waals surface area contributed by atoms with E-state index in [2.05, 4.69) is 16.1 Å². The molecule has 4 atom stereocenters. The monoisotopic (exact) mass is 371 g/mol. The maximum absolute atomic E-state index is 13.0. The Morgan fingerprint density at radius 2 is 2.00 bits per heavy atom. The second-order valence-corrected chi connectivity index (χ2v) is 7.49. The topological polar surface area (TPSA) is 98.8 Å². The van der Waals surface area contributed by atoms with Crippen molar-refractivity contribution in [2.24, 2.45) is 11.8 Å². The highest BCUT2D eigenvalue weighted by Crippen LogP contribution is 2.48. The first kappa shape index (κ1) is 18.7. The summed E-state index contributed by atoms with van der Waals surface area (Å²) in [6.45, 7) is 4.21. The Balaban J connectivity index is 2.06. The number of carbonyl (C=O) groups excluding carboxylic acids is 2. The van der Waals surface area contributed by atoms with Crippen LogP contribution in [0, 0.1) is 11.8 Å². The fraction of sp³-hybridized carbons (Fsp3) is 0.692. The number of alkyl halides is 3. The molecule has 0 radical (unpaired) electrons. The van der Waals surface area contributed by atoms with Gasteiger partial charge in [0.2, 0.25) is 5.91 Å². The fourth-order valence-electron chi connectivity index (χ4n) is 2.83. The molecule has 4 unspecified atom stereocenters. The molecule has 24 heavy (non-hydrogen) atoms. The molecule has 2 aliphatic rings. The number of ether oxygens (including phenoxy) is 1. The Labute approximate surface area is 136 Å². The number of hydrogen-bond donors (Lipinski definition) is 1. The summed E-state index contributed by atoms with van der Waals surface area (Å²) >= 11 is 0. The summed E-state index contributed by atoms with van der Waals surface area (Å²) in [6.07, 6.45) is -8.29. The minimum Gasteiger partial charge on any atom is -0.458 e. The van der Waals surface area contributed by atoms with Gasteiger partial charge >= 0.3 is 12.1 Å². The lowest BCUT2D eigenvalue weighted by molar-refractivity contribution is -0.197. The van der Waals surface area contributed by atoms with Crippen molar-refractivity contribution in [3.05, 3.63) is 12.2 Å². The number of fused-ring (bicyclic) bond motifs is 2. The summed E-state index contributed by atoms with van der Waals surface area (Å²) in [6, 6.07) is 0. The van der Waals surface area contributed by atoms with Crippen molar-refractivity contribution in [2.45, 2.75) is 31.7 Å². The van der Waals surface area contributed by atoms with Crippen molar-refractivity contribution in [2.75, 3.05) is 12.3 Å². The Morgan fingerprint density at radius 3 is 2.54 bits per heavy atom.